The van der Waals surface area contributed by atoms with Crippen molar-refractivity contribution in [1.82, 2.24) is 0 Å². The first-order chi connectivity index (χ1) is 12.5. The summed E-state index contributed by atoms with van der Waals surface area (Å²) in [6.07, 6.45) is 8.20. The number of ether oxygens (including phenoxy) is 1. The van der Waals surface area contributed by atoms with E-state index in [1.165, 1.54) is 45.7 Å². The molecule has 0 N–H and O–H groups in total. The van der Waals surface area contributed by atoms with Crippen molar-refractivity contribution >= 4 is 29.4 Å². The maximum atomic E-state index is 12.0. The molecule has 5 nitrogen and oxygen atoms in total. The Hall–Kier alpha value is -2.30. The van der Waals surface area contributed by atoms with Crippen LogP contribution >= 0.6 is 0 Å². The standard InChI is InChI=1S/C21H29NO4/c1-4-5-6-7-8-9-14-26-21(25)18-10-12-19(13-11-18)22-15-20(16(2)23)17(3)24/h10-13,15,20H,4-9,14H2,1-3H3. The predicted molar refractivity (Wildman–Crippen MR) is 103 cm³/mol. The summed E-state index contributed by atoms with van der Waals surface area (Å²) in [4.78, 5) is 38.9. The number of aliphatic imine (C=N–C) groups is 1. The van der Waals surface area contributed by atoms with E-state index < -0.39 is 5.92 Å². The fraction of sp³-hybridized carbons (Fsp3) is 0.524. The summed E-state index contributed by atoms with van der Waals surface area (Å²) in [5.74, 6) is -1.65. The van der Waals surface area contributed by atoms with E-state index >= 15 is 0 Å². The van der Waals surface area contributed by atoms with Gasteiger partial charge in [-0.05, 0) is 44.5 Å². The second kappa shape index (κ2) is 12.1. The van der Waals surface area contributed by atoms with E-state index in [4.69, 9.17) is 4.74 Å². The third-order valence-corrected chi connectivity index (χ3v) is 4.08. The van der Waals surface area contributed by atoms with Gasteiger partial charge in [-0.15, -0.1) is 0 Å². The number of benzene rings is 1. The lowest BCUT2D eigenvalue weighted by Gasteiger charge is -2.05. The molecule has 0 aromatic heterocycles. The van der Waals surface area contributed by atoms with Crippen LogP contribution in [0.3, 0.4) is 0 Å². The Morgan fingerprint density at radius 1 is 0.962 bits per heavy atom. The molecular formula is C21H29NO4. The molecule has 0 aliphatic rings. The molecule has 0 unspecified atom stereocenters. The predicted octanol–water partition coefficient (Wildman–Crippen LogP) is 4.70. The van der Waals surface area contributed by atoms with Crippen LogP contribution in [0.2, 0.25) is 0 Å². The van der Waals surface area contributed by atoms with Gasteiger partial charge < -0.3 is 4.74 Å². The van der Waals surface area contributed by atoms with Crippen molar-refractivity contribution < 1.29 is 19.1 Å². The van der Waals surface area contributed by atoms with Gasteiger partial charge in [-0.2, -0.15) is 0 Å². The van der Waals surface area contributed by atoms with Crippen molar-refractivity contribution in [2.24, 2.45) is 10.9 Å². The minimum atomic E-state index is -0.822. The Labute approximate surface area is 155 Å². The number of nitrogens with zero attached hydrogens (tertiary/aromatic N) is 1. The quantitative estimate of drug-likeness (QED) is 0.235. The normalized spacial score (nSPS) is 11.1. The first kappa shape index (κ1) is 21.7. The Bertz CT molecular complexity index is 605. The Morgan fingerprint density at radius 2 is 1.54 bits per heavy atom. The van der Waals surface area contributed by atoms with Crippen molar-refractivity contribution in [1.29, 1.82) is 0 Å². The number of esters is 1. The first-order valence-electron chi connectivity index (χ1n) is 9.28. The van der Waals surface area contributed by atoms with Crippen LogP contribution in [0.4, 0.5) is 5.69 Å². The van der Waals surface area contributed by atoms with Gasteiger partial charge in [0.15, 0.2) is 0 Å². The van der Waals surface area contributed by atoms with Crippen LogP contribution in [0.25, 0.3) is 0 Å². The van der Waals surface area contributed by atoms with Crippen LogP contribution in [0.15, 0.2) is 29.3 Å². The molecule has 0 fully saturated rings. The average molecular weight is 359 g/mol. The summed E-state index contributed by atoms with van der Waals surface area (Å²) in [5.41, 5.74) is 1.04. The molecule has 0 atom stereocenters. The number of ketones is 2. The van der Waals surface area contributed by atoms with E-state index in [0.29, 0.717) is 17.9 Å². The summed E-state index contributed by atoms with van der Waals surface area (Å²) in [7, 11) is 0. The Balaban J connectivity index is 2.45. The van der Waals surface area contributed by atoms with E-state index in [2.05, 4.69) is 11.9 Å². The molecule has 0 amide bonds. The summed E-state index contributed by atoms with van der Waals surface area (Å²) in [5, 5.41) is 0. The summed E-state index contributed by atoms with van der Waals surface area (Å²) in [6.45, 7) is 5.34. The largest absolute Gasteiger partial charge is 0.462 e. The van der Waals surface area contributed by atoms with E-state index in [9.17, 15) is 14.4 Å². The molecule has 26 heavy (non-hydrogen) atoms. The maximum Gasteiger partial charge on any atom is 0.338 e. The molecule has 5 heteroatoms. The number of hydrogen-bond donors (Lipinski definition) is 0. The average Bonchev–Trinajstić information content (AvgIpc) is 2.61. The van der Waals surface area contributed by atoms with Crippen LogP contribution in [0.1, 0.15) is 69.7 Å². The van der Waals surface area contributed by atoms with Crippen LogP contribution in [-0.2, 0) is 14.3 Å². The zero-order valence-corrected chi connectivity index (χ0v) is 16.0. The highest BCUT2D eigenvalue weighted by molar-refractivity contribution is 6.13. The minimum Gasteiger partial charge on any atom is -0.462 e. The third-order valence-electron chi connectivity index (χ3n) is 4.08. The Kier molecular flexibility index (Phi) is 10.1. The van der Waals surface area contributed by atoms with Gasteiger partial charge >= 0.3 is 5.97 Å². The van der Waals surface area contributed by atoms with Gasteiger partial charge in [0.25, 0.3) is 0 Å². The zero-order valence-electron chi connectivity index (χ0n) is 16.0. The van der Waals surface area contributed by atoms with Gasteiger partial charge in [-0.1, -0.05) is 39.0 Å². The number of unbranched alkanes of at least 4 members (excludes halogenated alkanes) is 5. The number of carbonyl (C=O) groups excluding carboxylic acids is 3. The molecule has 0 saturated carbocycles. The summed E-state index contributed by atoms with van der Waals surface area (Å²) in [6, 6.07) is 6.59. The SMILES string of the molecule is CCCCCCCCOC(=O)c1ccc(N=CC(C(C)=O)C(C)=O)cc1. The first-order valence-corrected chi connectivity index (χ1v) is 9.28. The second-order valence-electron chi connectivity index (χ2n) is 6.43. The van der Waals surface area contributed by atoms with Crippen molar-refractivity contribution in [3.63, 3.8) is 0 Å². The number of rotatable bonds is 12. The number of Topliss-reactive ketones (excluding diaryl/α,β-unsaturated/α-hetero) is 2. The monoisotopic (exact) mass is 359 g/mol. The molecule has 0 heterocycles. The minimum absolute atomic E-state index is 0.240. The molecule has 0 aliphatic heterocycles. The fourth-order valence-electron chi connectivity index (χ4n) is 2.47. The molecule has 1 rings (SSSR count). The van der Waals surface area contributed by atoms with Crippen LogP contribution in [-0.4, -0.2) is 30.4 Å². The molecule has 142 valence electrons. The second-order valence-corrected chi connectivity index (χ2v) is 6.43. The molecule has 0 aliphatic carbocycles. The van der Waals surface area contributed by atoms with Gasteiger partial charge in [0, 0.05) is 6.21 Å². The highest BCUT2D eigenvalue weighted by Gasteiger charge is 2.16. The van der Waals surface area contributed by atoms with E-state index in [0.717, 1.165) is 12.8 Å². The maximum absolute atomic E-state index is 12.0. The van der Waals surface area contributed by atoms with Gasteiger partial charge in [-0.3, -0.25) is 14.6 Å². The van der Waals surface area contributed by atoms with E-state index in [1.54, 1.807) is 24.3 Å². The lowest BCUT2D eigenvalue weighted by Crippen LogP contribution is -2.20. The van der Waals surface area contributed by atoms with E-state index in [1.807, 2.05) is 0 Å². The Morgan fingerprint density at radius 3 is 2.12 bits per heavy atom. The van der Waals surface area contributed by atoms with Crippen molar-refractivity contribution in [2.75, 3.05) is 6.61 Å². The van der Waals surface area contributed by atoms with Crippen molar-refractivity contribution in [3.05, 3.63) is 29.8 Å². The van der Waals surface area contributed by atoms with Gasteiger partial charge in [0.05, 0.1) is 17.9 Å². The smallest absolute Gasteiger partial charge is 0.338 e. The molecule has 1 aromatic carbocycles. The topological polar surface area (TPSA) is 72.8 Å². The summed E-state index contributed by atoms with van der Waals surface area (Å²) < 4.78 is 5.27. The zero-order chi connectivity index (χ0) is 19.4. The van der Waals surface area contributed by atoms with Gasteiger partial charge in [0.1, 0.15) is 17.5 Å². The number of carbonyl (C=O) groups is 3. The van der Waals surface area contributed by atoms with Gasteiger partial charge in [0.2, 0.25) is 0 Å². The molecule has 0 spiro atoms. The van der Waals surface area contributed by atoms with Crippen LogP contribution in [0, 0.1) is 5.92 Å². The van der Waals surface area contributed by atoms with Crippen LogP contribution in [0.5, 0.6) is 0 Å². The highest BCUT2D eigenvalue weighted by Crippen LogP contribution is 2.15. The summed E-state index contributed by atoms with van der Waals surface area (Å²) >= 11 is 0. The van der Waals surface area contributed by atoms with Crippen molar-refractivity contribution in [3.8, 4) is 0 Å². The highest BCUT2D eigenvalue weighted by atomic mass is 16.5. The lowest BCUT2D eigenvalue weighted by atomic mass is 10.0. The van der Waals surface area contributed by atoms with Crippen LogP contribution < -0.4 is 0 Å². The van der Waals surface area contributed by atoms with Crippen molar-refractivity contribution in [2.45, 2.75) is 59.3 Å². The lowest BCUT2D eigenvalue weighted by molar-refractivity contribution is -0.127. The molecular weight excluding hydrogens is 330 g/mol. The number of hydrogen-bond acceptors (Lipinski definition) is 5. The molecule has 0 radical (unpaired) electrons. The van der Waals surface area contributed by atoms with Gasteiger partial charge in [-0.25, -0.2) is 4.79 Å². The molecule has 0 bridgehead atoms. The van der Waals surface area contributed by atoms with E-state index in [-0.39, 0.29) is 17.5 Å². The molecule has 1 aromatic rings. The fourth-order valence-corrected chi connectivity index (χ4v) is 2.47. The third kappa shape index (κ3) is 8.19. The molecule has 0 saturated heterocycles.